The molecule has 112 valence electrons. The molecule has 1 unspecified atom stereocenters. The fraction of sp³-hybridized carbons (Fsp3) is 0.200. The third kappa shape index (κ3) is 5.16. The minimum absolute atomic E-state index is 0.126. The molecule has 0 aliphatic heterocycles. The molecule has 3 N–H and O–H groups in total. The number of nitrogens with two attached hydrogens (primary N) is 1. The van der Waals surface area contributed by atoms with Gasteiger partial charge in [0.2, 0.25) is 0 Å². The number of rotatable bonds is 6. The number of nitrogens with one attached hydrogen (secondary N) is 1. The van der Waals surface area contributed by atoms with Crippen molar-refractivity contribution in [2.45, 2.75) is 17.4 Å². The largest absolute Gasteiger partial charge is 0.271 e. The molecule has 0 radical (unpaired) electrons. The average Bonchev–Trinajstić information content (AvgIpc) is 2.47. The normalized spacial score (nSPS) is 12.4. The number of hydrogen-bond acceptors (Lipinski definition) is 3. The molecule has 21 heavy (non-hydrogen) atoms. The van der Waals surface area contributed by atoms with Crippen LogP contribution >= 0.6 is 50.9 Å². The highest BCUT2D eigenvalue weighted by molar-refractivity contribution is 9.10. The van der Waals surface area contributed by atoms with Crippen LogP contribution in [0.3, 0.4) is 0 Å². The summed E-state index contributed by atoms with van der Waals surface area (Å²) in [5, 5.41) is 1.32. The maximum atomic E-state index is 6.21. The van der Waals surface area contributed by atoms with E-state index in [1.807, 2.05) is 30.3 Å². The molecule has 2 aromatic rings. The monoisotopic (exact) mass is 404 g/mol. The number of benzene rings is 2. The Balaban J connectivity index is 1.99. The van der Waals surface area contributed by atoms with Crippen LogP contribution < -0.4 is 11.3 Å². The summed E-state index contributed by atoms with van der Waals surface area (Å²) in [5.74, 6) is 6.50. The van der Waals surface area contributed by atoms with Gasteiger partial charge >= 0.3 is 0 Å². The van der Waals surface area contributed by atoms with E-state index in [2.05, 4.69) is 27.4 Å². The van der Waals surface area contributed by atoms with E-state index in [1.54, 1.807) is 17.8 Å². The SMILES string of the molecule is NNC(CSc1ccccc1Br)Cc1ccc(Cl)cc1Cl. The molecule has 1 atom stereocenters. The van der Waals surface area contributed by atoms with Crippen molar-refractivity contribution >= 4 is 50.9 Å². The Bertz CT molecular complexity index is 610. The van der Waals surface area contributed by atoms with Crippen molar-refractivity contribution < 1.29 is 0 Å². The lowest BCUT2D eigenvalue weighted by atomic mass is 10.1. The van der Waals surface area contributed by atoms with E-state index in [1.165, 1.54) is 4.90 Å². The summed E-state index contributed by atoms with van der Waals surface area (Å²) < 4.78 is 1.09. The van der Waals surface area contributed by atoms with Gasteiger partial charge in [-0.3, -0.25) is 11.3 Å². The van der Waals surface area contributed by atoms with Crippen molar-refractivity contribution in [3.63, 3.8) is 0 Å². The lowest BCUT2D eigenvalue weighted by molar-refractivity contribution is 0.575. The van der Waals surface area contributed by atoms with Gasteiger partial charge in [0.25, 0.3) is 0 Å². The fourth-order valence-electron chi connectivity index (χ4n) is 1.87. The van der Waals surface area contributed by atoms with Crippen LogP contribution in [-0.2, 0) is 6.42 Å². The highest BCUT2D eigenvalue weighted by Crippen LogP contribution is 2.28. The first-order valence-electron chi connectivity index (χ1n) is 6.37. The molecule has 6 heteroatoms. The average molecular weight is 406 g/mol. The maximum Gasteiger partial charge on any atom is 0.0453 e. The summed E-state index contributed by atoms with van der Waals surface area (Å²) in [7, 11) is 0. The van der Waals surface area contributed by atoms with Crippen LogP contribution in [0.2, 0.25) is 10.0 Å². The van der Waals surface area contributed by atoms with E-state index in [9.17, 15) is 0 Å². The van der Waals surface area contributed by atoms with Crippen molar-refractivity contribution in [2.75, 3.05) is 5.75 Å². The van der Waals surface area contributed by atoms with Gasteiger partial charge in [-0.1, -0.05) is 41.4 Å². The van der Waals surface area contributed by atoms with E-state index < -0.39 is 0 Å². The van der Waals surface area contributed by atoms with Crippen molar-refractivity contribution in [1.82, 2.24) is 5.43 Å². The lowest BCUT2D eigenvalue weighted by Crippen LogP contribution is -2.38. The zero-order valence-electron chi connectivity index (χ0n) is 11.2. The molecule has 0 aliphatic carbocycles. The Labute approximate surface area is 147 Å². The third-order valence-electron chi connectivity index (χ3n) is 2.99. The van der Waals surface area contributed by atoms with Crippen LogP contribution in [0.4, 0.5) is 0 Å². The Kier molecular flexibility index (Phi) is 6.86. The summed E-state index contributed by atoms with van der Waals surface area (Å²) in [6.45, 7) is 0. The topological polar surface area (TPSA) is 38.0 Å². The van der Waals surface area contributed by atoms with E-state index in [0.29, 0.717) is 10.0 Å². The van der Waals surface area contributed by atoms with E-state index >= 15 is 0 Å². The number of halogens is 3. The van der Waals surface area contributed by atoms with Gasteiger partial charge in [-0.05, 0) is 52.2 Å². The lowest BCUT2D eigenvalue weighted by Gasteiger charge is -2.17. The van der Waals surface area contributed by atoms with Crippen molar-refractivity contribution in [1.29, 1.82) is 0 Å². The van der Waals surface area contributed by atoms with Crippen molar-refractivity contribution in [3.8, 4) is 0 Å². The molecule has 0 saturated heterocycles. The second-order valence-corrected chi connectivity index (χ2v) is 7.30. The van der Waals surface area contributed by atoms with E-state index in [4.69, 9.17) is 29.0 Å². The minimum Gasteiger partial charge on any atom is -0.271 e. The highest BCUT2D eigenvalue weighted by Gasteiger charge is 2.12. The van der Waals surface area contributed by atoms with Crippen molar-refractivity contribution in [3.05, 3.63) is 62.5 Å². The van der Waals surface area contributed by atoms with Gasteiger partial charge < -0.3 is 0 Å². The summed E-state index contributed by atoms with van der Waals surface area (Å²) >= 11 is 17.4. The molecule has 0 spiro atoms. The first-order valence-corrected chi connectivity index (χ1v) is 8.91. The third-order valence-corrected chi connectivity index (χ3v) is 5.77. The van der Waals surface area contributed by atoms with E-state index in [-0.39, 0.29) is 6.04 Å². The molecule has 0 amide bonds. The van der Waals surface area contributed by atoms with Gasteiger partial charge in [-0.15, -0.1) is 11.8 Å². The predicted octanol–water partition coefficient (Wildman–Crippen LogP) is 4.92. The zero-order chi connectivity index (χ0) is 15.2. The molecule has 2 nitrogen and oxygen atoms in total. The van der Waals surface area contributed by atoms with Crippen LogP contribution in [-0.4, -0.2) is 11.8 Å². The Hall–Kier alpha value is -0.230. The van der Waals surface area contributed by atoms with Gasteiger partial charge in [-0.25, -0.2) is 0 Å². The molecule has 0 aromatic heterocycles. The molecule has 2 rings (SSSR count). The molecular formula is C15H15BrCl2N2S. The molecule has 0 aliphatic rings. The second kappa shape index (κ2) is 8.42. The molecule has 0 fully saturated rings. The molecule has 0 heterocycles. The van der Waals surface area contributed by atoms with Gasteiger partial charge in [0.05, 0.1) is 0 Å². The minimum atomic E-state index is 0.126. The number of hydrazine groups is 1. The second-order valence-electron chi connectivity index (χ2n) is 4.54. The molecule has 2 aromatic carbocycles. The Morgan fingerprint density at radius 2 is 1.95 bits per heavy atom. The summed E-state index contributed by atoms with van der Waals surface area (Å²) in [5.41, 5.74) is 3.89. The quantitative estimate of drug-likeness (QED) is 0.406. The zero-order valence-corrected chi connectivity index (χ0v) is 15.1. The van der Waals surface area contributed by atoms with Crippen LogP contribution in [0.25, 0.3) is 0 Å². The highest BCUT2D eigenvalue weighted by atomic mass is 79.9. The smallest absolute Gasteiger partial charge is 0.0453 e. The summed E-state index contributed by atoms with van der Waals surface area (Å²) in [6, 6.07) is 13.8. The first-order chi connectivity index (χ1) is 10.1. The Morgan fingerprint density at radius 1 is 1.19 bits per heavy atom. The van der Waals surface area contributed by atoms with Crippen LogP contribution in [0, 0.1) is 0 Å². The van der Waals surface area contributed by atoms with Crippen molar-refractivity contribution in [2.24, 2.45) is 5.84 Å². The van der Waals surface area contributed by atoms with Gasteiger partial charge in [0.1, 0.15) is 0 Å². The first kappa shape index (κ1) is 17.1. The standard InChI is InChI=1S/C15H15BrCl2N2S/c16-13-3-1-2-4-15(13)21-9-12(20-19)7-10-5-6-11(17)8-14(10)18/h1-6,8,12,20H,7,9,19H2. The molecular weight excluding hydrogens is 391 g/mol. The fourth-order valence-corrected chi connectivity index (χ4v) is 3.96. The van der Waals surface area contributed by atoms with Crippen LogP contribution in [0.15, 0.2) is 51.8 Å². The van der Waals surface area contributed by atoms with Gasteiger partial charge in [0.15, 0.2) is 0 Å². The number of thioether (sulfide) groups is 1. The van der Waals surface area contributed by atoms with Crippen LogP contribution in [0.5, 0.6) is 0 Å². The predicted molar refractivity (Wildman–Crippen MR) is 96.1 cm³/mol. The Morgan fingerprint density at radius 3 is 2.62 bits per heavy atom. The molecule has 0 bridgehead atoms. The van der Waals surface area contributed by atoms with E-state index in [0.717, 1.165) is 22.2 Å². The van der Waals surface area contributed by atoms with Crippen LogP contribution in [0.1, 0.15) is 5.56 Å². The molecule has 0 saturated carbocycles. The summed E-state index contributed by atoms with van der Waals surface area (Å²) in [6.07, 6.45) is 0.754. The summed E-state index contributed by atoms with van der Waals surface area (Å²) in [4.78, 5) is 1.19. The van der Waals surface area contributed by atoms with Gasteiger partial charge in [0, 0.05) is 31.2 Å². The van der Waals surface area contributed by atoms with Gasteiger partial charge in [-0.2, -0.15) is 0 Å². The number of hydrogen-bond donors (Lipinski definition) is 2. The maximum absolute atomic E-state index is 6.21.